The highest BCUT2D eigenvalue weighted by atomic mass is 16.3. The summed E-state index contributed by atoms with van der Waals surface area (Å²) in [6, 6.07) is 5.57. The van der Waals surface area contributed by atoms with E-state index in [1.807, 2.05) is 32.9 Å². The molecule has 78 valence electrons. The van der Waals surface area contributed by atoms with Crippen LogP contribution in [0.2, 0.25) is 0 Å². The smallest absolute Gasteiger partial charge is 0.119 e. The maximum absolute atomic E-state index is 9.72. The van der Waals surface area contributed by atoms with Crippen LogP contribution in [0, 0.1) is 6.92 Å². The lowest BCUT2D eigenvalue weighted by atomic mass is 9.81. The monoisotopic (exact) mass is 194 g/mol. The van der Waals surface area contributed by atoms with Crippen LogP contribution in [0.5, 0.6) is 5.75 Å². The molecule has 0 fully saturated rings. The zero-order valence-corrected chi connectivity index (χ0v) is 9.04. The molecule has 0 aliphatic heterocycles. The zero-order valence-electron chi connectivity index (χ0n) is 9.04. The molecule has 2 heteroatoms. The average molecular weight is 194 g/mol. The lowest BCUT2D eigenvalue weighted by Gasteiger charge is -2.25. The predicted octanol–water partition coefficient (Wildman–Crippen LogP) is 2.36. The number of phenolic OH excluding ortho intramolecular Hbond substituents is 1. The molecule has 0 spiro atoms. The number of aryl methyl sites for hydroxylation is 1. The van der Waals surface area contributed by atoms with Crippen LogP contribution in [0.15, 0.2) is 18.2 Å². The van der Waals surface area contributed by atoms with Crippen LogP contribution in [-0.4, -0.2) is 16.8 Å². The first-order valence-electron chi connectivity index (χ1n) is 4.88. The molecule has 1 aromatic rings. The third-order valence-corrected chi connectivity index (χ3v) is 2.62. The zero-order chi connectivity index (χ0) is 10.8. The molecule has 0 amide bonds. The Morgan fingerprint density at radius 1 is 1.29 bits per heavy atom. The Morgan fingerprint density at radius 2 is 1.93 bits per heavy atom. The molecule has 0 aliphatic carbocycles. The number of benzene rings is 1. The van der Waals surface area contributed by atoms with Gasteiger partial charge in [0.05, 0.1) is 0 Å². The van der Waals surface area contributed by atoms with E-state index in [-0.39, 0.29) is 12.0 Å². The number of rotatable bonds is 3. The Bertz CT molecular complexity index is 316. The van der Waals surface area contributed by atoms with Gasteiger partial charge in [0.15, 0.2) is 0 Å². The fourth-order valence-corrected chi connectivity index (χ4v) is 1.61. The molecule has 14 heavy (non-hydrogen) atoms. The second-order valence-corrected chi connectivity index (χ2v) is 4.38. The van der Waals surface area contributed by atoms with Gasteiger partial charge in [-0.1, -0.05) is 31.5 Å². The Labute approximate surface area is 85.2 Å². The number of phenols is 1. The van der Waals surface area contributed by atoms with E-state index in [1.165, 1.54) is 0 Å². The molecular formula is C12H18O2. The van der Waals surface area contributed by atoms with Crippen LogP contribution >= 0.6 is 0 Å². The molecule has 2 N–H and O–H groups in total. The summed E-state index contributed by atoms with van der Waals surface area (Å²) in [6.07, 6.45) is 0.657. The van der Waals surface area contributed by atoms with E-state index >= 15 is 0 Å². The summed E-state index contributed by atoms with van der Waals surface area (Å²) in [4.78, 5) is 0. The van der Waals surface area contributed by atoms with Crippen LogP contribution < -0.4 is 0 Å². The van der Waals surface area contributed by atoms with Gasteiger partial charge in [-0.05, 0) is 30.4 Å². The van der Waals surface area contributed by atoms with Gasteiger partial charge in [0.2, 0.25) is 0 Å². The quantitative estimate of drug-likeness (QED) is 0.775. The molecular weight excluding hydrogens is 176 g/mol. The fraction of sp³-hybridized carbons (Fsp3) is 0.500. The number of aliphatic hydroxyl groups excluding tert-OH is 1. The Kier molecular flexibility index (Phi) is 3.17. The van der Waals surface area contributed by atoms with Crippen molar-refractivity contribution in [1.82, 2.24) is 0 Å². The first-order chi connectivity index (χ1) is 6.47. The third-order valence-electron chi connectivity index (χ3n) is 2.62. The van der Waals surface area contributed by atoms with Crippen LogP contribution in [-0.2, 0) is 5.41 Å². The van der Waals surface area contributed by atoms with Crippen LogP contribution in [0.1, 0.15) is 31.4 Å². The maximum atomic E-state index is 9.72. The van der Waals surface area contributed by atoms with Crippen molar-refractivity contribution in [2.24, 2.45) is 0 Å². The van der Waals surface area contributed by atoms with Gasteiger partial charge in [-0.2, -0.15) is 0 Å². The lowest BCUT2D eigenvalue weighted by Crippen LogP contribution is -2.19. The number of aromatic hydroxyl groups is 1. The molecule has 0 aliphatic rings. The van der Waals surface area contributed by atoms with Crippen LogP contribution in [0.25, 0.3) is 0 Å². The standard InChI is InChI=1S/C12H18O2/c1-9-4-5-11(14)10(8-9)12(2,3)6-7-13/h4-5,8,13-14H,6-7H2,1-3H3. The van der Waals surface area contributed by atoms with Crippen molar-refractivity contribution in [1.29, 1.82) is 0 Å². The molecule has 0 aromatic heterocycles. The van der Waals surface area contributed by atoms with E-state index in [2.05, 4.69) is 0 Å². The lowest BCUT2D eigenvalue weighted by molar-refractivity contribution is 0.250. The van der Waals surface area contributed by atoms with Crippen molar-refractivity contribution in [3.63, 3.8) is 0 Å². The number of aliphatic hydroxyl groups is 1. The summed E-state index contributed by atoms with van der Waals surface area (Å²) in [5, 5.41) is 18.7. The minimum Gasteiger partial charge on any atom is -0.508 e. The number of hydrogen-bond acceptors (Lipinski definition) is 2. The molecule has 0 atom stereocenters. The summed E-state index contributed by atoms with van der Waals surface area (Å²) in [6.45, 7) is 6.19. The molecule has 0 bridgehead atoms. The predicted molar refractivity (Wildman–Crippen MR) is 57.6 cm³/mol. The molecule has 0 unspecified atom stereocenters. The highest BCUT2D eigenvalue weighted by Gasteiger charge is 2.23. The minimum absolute atomic E-state index is 0.139. The Balaban J connectivity index is 3.10. The van der Waals surface area contributed by atoms with Gasteiger partial charge in [-0.15, -0.1) is 0 Å². The van der Waals surface area contributed by atoms with Crippen molar-refractivity contribution in [2.75, 3.05) is 6.61 Å². The van der Waals surface area contributed by atoms with Gasteiger partial charge in [0.1, 0.15) is 5.75 Å². The van der Waals surface area contributed by atoms with Crippen molar-refractivity contribution in [2.45, 2.75) is 32.6 Å². The first-order valence-corrected chi connectivity index (χ1v) is 4.88. The molecule has 0 saturated carbocycles. The Hall–Kier alpha value is -1.02. The largest absolute Gasteiger partial charge is 0.508 e. The molecule has 1 aromatic carbocycles. The Morgan fingerprint density at radius 3 is 2.50 bits per heavy atom. The minimum atomic E-state index is -0.176. The van der Waals surface area contributed by atoms with E-state index in [9.17, 15) is 5.11 Å². The average Bonchev–Trinajstić information content (AvgIpc) is 2.09. The number of hydrogen-bond donors (Lipinski definition) is 2. The van der Waals surface area contributed by atoms with E-state index in [0.717, 1.165) is 11.1 Å². The second kappa shape index (κ2) is 4.01. The van der Waals surface area contributed by atoms with Gasteiger partial charge in [0, 0.05) is 6.61 Å². The summed E-state index contributed by atoms with van der Waals surface area (Å²) in [5.41, 5.74) is 1.86. The highest BCUT2D eigenvalue weighted by molar-refractivity contribution is 5.40. The van der Waals surface area contributed by atoms with Gasteiger partial charge < -0.3 is 10.2 Å². The topological polar surface area (TPSA) is 40.5 Å². The molecule has 2 nitrogen and oxygen atoms in total. The third kappa shape index (κ3) is 2.26. The van der Waals surface area contributed by atoms with Crippen molar-refractivity contribution in [3.05, 3.63) is 29.3 Å². The van der Waals surface area contributed by atoms with Crippen molar-refractivity contribution in [3.8, 4) is 5.75 Å². The van der Waals surface area contributed by atoms with Crippen LogP contribution in [0.4, 0.5) is 0 Å². The second-order valence-electron chi connectivity index (χ2n) is 4.38. The highest BCUT2D eigenvalue weighted by Crippen LogP contribution is 2.33. The van der Waals surface area contributed by atoms with E-state index < -0.39 is 0 Å². The van der Waals surface area contributed by atoms with Gasteiger partial charge >= 0.3 is 0 Å². The van der Waals surface area contributed by atoms with Gasteiger partial charge in [-0.3, -0.25) is 0 Å². The molecule has 0 saturated heterocycles. The van der Waals surface area contributed by atoms with Crippen molar-refractivity contribution >= 4 is 0 Å². The van der Waals surface area contributed by atoms with Gasteiger partial charge in [-0.25, -0.2) is 0 Å². The molecule has 0 radical (unpaired) electrons. The fourth-order valence-electron chi connectivity index (χ4n) is 1.61. The van der Waals surface area contributed by atoms with E-state index in [0.29, 0.717) is 12.2 Å². The normalized spacial score (nSPS) is 11.7. The van der Waals surface area contributed by atoms with Crippen molar-refractivity contribution < 1.29 is 10.2 Å². The molecule has 0 heterocycles. The van der Waals surface area contributed by atoms with E-state index in [4.69, 9.17) is 5.11 Å². The van der Waals surface area contributed by atoms with Gasteiger partial charge in [0.25, 0.3) is 0 Å². The molecule has 1 rings (SSSR count). The van der Waals surface area contributed by atoms with Crippen LogP contribution in [0.3, 0.4) is 0 Å². The maximum Gasteiger partial charge on any atom is 0.119 e. The summed E-state index contributed by atoms with van der Waals surface area (Å²) >= 11 is 0. The summed E-state index contributed by atoms with van der Waals surface area (Å²) in [7, 11) is 0. The SMILES string of the molecule is Cc1ccc(O)c(C(C)(C)CCO)c1. The van der Waals surface area contributed by atoms with E-state index in [1.54, 1.807) is 6.07 Å². The summed E-state index contributed by atoms with van der Waals surface area (Å²) < 4.78 is 0. The first kappa shape index (κ1) is 11.1. The summed E-state index contributed by atoms with van der Waals surface area (Å²) in [5.74, 6) is 0.314.